The Labute approximate surface area is 77.5 Å². The Morgan fingerprint density at radius 3 is 2.62 bits per heavy atom. The quantitative estimate of drug-likeness (QED) is 0.663. The smallest absolute Gasteiger partial charge is 0.229 e. The highest BCUT2D eigenvalue weighted by molar-refractivity contribution is 5.09. The van der Waals surface area contributed by atoms with Crippen LogP contribution in [0, 0.1) is 12.3 Å². The highest BCUT2D eigenvalue weighted by Gasteiger charge is 2.50. The molecule has 0 bridgehead atoms. The molecule has 70 valence electrons. The van der Waals surface area contributed by atoms with E-state index in [1.165, 1.54) is 32.1 Å². The van der Waals surface area contributed by atoms with Gasteiger partial charge in [-0.2, -0.15) is 4.98 Å². The number of aryl methyl sites for hydroxylation is 1. The summed E-state index contributed by atoms with van der Waals surface area (Å²) in [6, 6.07) is 0. The molecule has 2 fully saturated rings. The molecule has 0 aliphatic heterocycles. The molecule has 1 spiro atoms. The van der Waals surface area contributed by atoms with Crippen molar-refractivity contribution in [3.05, 3.63) is 11.7 Å². The second kappa shape index (κ2) is 2.34. The Kier molecular flexibility index (Phi) is 1.35. The van der Waals surface area contributed by atoms with Gasteiger partial charge in [0, 0.05) is 5.92 Å². The van der Waals surface area contributed by atoms with E-state index < -0.39 is 0 Å². The molecule has 0 aromatic carbocycles. The van der Waals surface area contributed by atoms with Crippen LogP contribution in [0.5, 0.6) is 0 Å². The summed E-state index contributed by atoms with van der Waals surface area (Å²) < 4.78 is 5.17. The zero-order valence-corrected chi connectivity index (χ0v) is 7.92. The minimum absolute atomic E-state index is 0.571. The minimum atomic E-state index is 0.571. The van der Waals surface area contributed by atoms with Crippen LogP contribution in [0.25, 0.3) is 0 Å². The Morgan fingerprint density at radius 1 is 1.38 bits per heavy atom. The maximum atomic E-state index is 5.17. The Morgan fingerprint density at radius 2 is 2.15 bits per heavy atom. The minimum Gasteiger partial charge on any atom is -0.339 e. The molecule has 2 saturated carbocycles. The molecule has 0 amide bonds. The number of nitrogens with zero attached hydrogens (tertiary/aromatic N) is 2. The molecule has 0 unspecified atom stereocenters. The molecule has 3 heteroatoms. The van der Waals surface area contributed by atoms with Gasteiger partial charge in [-0.3, -0.25) is 0 Å². The summed E-state index contributed by atoms with van der Waals surface area (Å²) >= 11 is 0. The topological polar surface area (TPSA) is 38.9 Å². The van der Waals surface area contributed by atoms with Crippen molar-refractivity contribution >= 4 is 0 Å². The fourth-order valence-electron chi connectivity index (χ4n) is 2.72. The molecule has 0 atom stereocenters. The third kappa shape index (κ3) is 1.02. The normalized spacial score (nSPS) is 25.6. The van der Waals surface area contributed by atoms with Crippen LogP contribution in [-0.2, 0) is 0 Å². The van der Waals surface area contributed by atoms with Crippen LogP contribution in [0.15, 0.2) is 4.52 Å². The number of rotatable bonds is 1. The van der Waals surface area contributed by atoms with Gasteiger partial charge in [0.25, 0.3) is 0 Å². The molecule has 2 aliphatic carbocycles. The van der Waals surface area contributed by atoms with Crippen molar-refractivity contribution in [2.75, 3.05) is 0 Å². The average molecular weight is 178 g/mol. The second-order valence-electron chi connectivity index (χ2n) is 4.64. The van der Waals surface area contributed by atoms with E-state index in [9.17, 15) is 0 Å². The van der Waals surface area contributed by atoms with E-state index in [4.69, 9.17) is 4.52 Å². The van der Waals surface area contributed by atoms with Crippen molar-refractivity contribution in [1.82, 2.24) is 10.1 Å². The summed E-state index contributed by atoms with van der Waals surface area (Å²) in [5.74, 6) is 2.21. The highest BCUT2D eigenvalue weighted by Crippen LogP contribution is 2.61. The monoisotopic (exact) mass is 178 g/mol. The summed E-state index contributed by atoms with van der Waals surface area (Å²) in [7, 11) is 0. The van der Waals surface area contributed by atoms with Crippen LogP contribution < -0.4 is 0 Å². The van der Waals surface area contributed by atoms with Gasteiger partial charge in [0.15, 0.2) is 5.82 Å². The van der Waals surface area contributed by atoms with Gasteiger partial charge in [0.05, 0.1) is 0 Å². The van der Waals surface area contributed by atoms with Crippen LogP contribution in [0.3, 0.4) is 0 Å². The Balaban J connectivity index is 1.70. The van der Waals surface area contributed by atoms with E-state index in [0.29, 0.717) is 11.3 Å². The zero-order chi connectivity index (χ0) is 8.89. The lowest BCUT2D eigenvalue weighted by Crippen LogP contribution is -2.41. The lowest BCUT2D eigenvalue weighted by molar-refractivity contribution is -0.00166. The molecule has 2 aliphatic rings. The van der Waals surface area contributed by atoms with Gasteiger partial charge in [0.1, 0.15) is 0 Å². The predicted molar refractivity (Wildman–Crippen MR) is 47.3 cm³/mol. The van der Waals surface area contributed by atoms with Crippen LogP contribution in [0.1, 0.15) is 49.7 Å². The summed E-state index contributed by atoms with van der Waals surface area (Å²) in [4.78, 5) is 4.28. The van der Waals surface area contributed by atoms with Gasteiger partial charge in [-0.05, 0) is 38.0 Å². The molecule has 13 heavy (non-hydrogen) atoms. The molecule has 1 heterocycles. The van der Waals surface area contributed by atoms with Gasteiger partial charge >= 0.3 is 0 Å². The third-order valence-electron chi connectivity index (χ3n) is 3.67. The molecule has 1 aromatic rings. The van der Waals surface area contributed by atoms with Crippen molar-refractivity contribution in [2.45, 2.75) is 44.9 Å². The largest absolute Gasteiger partial charge is 0.339 e. The maximum absolute atomic E-state index is 5.17. The van der Waals surface area contributed by atoms with Gasteiger partial charge < -0.3 is 4.52 Å². The maximum Gasteiger partial charge on any atom is 0.229 e. The molecular weight excluding hydrogens is 164 g/mol. The summed E-state index contributed by atoms with van der Waals surface area (Å²) in [5, 5.41) is 3.83. The molecule has 3 rings (SSSR count). The van der Waals surface area contributed by atoms with E-state index in [0.717, 1.165) is 11.7 Å². The molecule has 1 aromatic heterocycles. The van der Waals surface area contributed by atoms with E-state index in [-0.39, 0.29) is 0 Å². The fourth-order valence-corrected chi connectivity index (χ4v) is 2.72. The van der Waals surface area contributed by atoms with E-state index in [2.05, 4.69) is 10.1 Å². The number of aromatic nitrogens is 2. The molecule has 0 radical (unpaired) electrons. The molecule has 0 saturated heterocycles. The first-order chi connectivity index (χ1) is 6.27. The SMILES string of the molecule is Cc1noc(C2CC3(CCC3)C2)n1. The first-order valence-electron chi connectivity index (χ1n) is 5.08. The lowest BCUT2D eigenvalue weighted by Gasteiger charge is -2.53. The predicted octanol–water partition coefficient (Wildman–Crippen LogP) is 2.43. The van der Waals surface area contributed by atoms with E-state index in [1.54, 1.807) is 0 Å². The van der Waals surface area contributed by atoms with Gasteiger partial charge in [-0.25, -0.2) is 0 Å². The average Bonchev–Trinajstić information content (AvgIpc) is 2.29. The lowest BCUT2D eigenvalue weighted by atomic mass is 9.52. The van der Waals surface area contributed by atoms with Crippen LogP contribution in [0.2, 0.25) is 0 Å². The molecule has 0 N–H and O–H groups in total. The van der Waals surface area contributed by atoms with Gasteiger partial charge in [-0.1, -0.05) is 11.6 Å². The first kappa shape index (κ1) is 7.54. The van der Waals surface area contributed by atoms with Crippen molar-refractivity contribution < 1.29 is 4.52 Å². The Hall–Kier alpha value is -0.860. The van der Waals surface area contributed by atoms with Crippen LogP contribution >= 0.6 is 0 Å². The van der Waals surface area contributed by atoms with Crippen molar-refractivity contribution in [3.63, 3.8) is 0 Å². The molecule has 3 nitrogen and oxygen atoms in total. The second-order valence-corrected chi connectivity index (χ2v) is 4.64. The summed E-state index contributed by atoms with van der Waals surface area (Å²) in [5.41, 5.74) is 0.701. The summed E-state index contributed by atoms with van der Waals surface area (Å²) in [6.45, 7) is 1.88. The van der Waals surface area contributed by atoms with E-state index in [1.807, 2.05) is 6.92 Å². The first-order valence-corrected chi connectivity index (χ1v) is 5.08. The standard InChI is InChI=1S/C10H14N2O/c1-7-11-9(13-12-7)8-5-10(6-8)3-2-4-10/h8H,2-6H2,1H3. The fraction of sp³-hybridized carbons (Fsp3) is 0.800. The summed E-state index contributed by atoms with van der Waals surface area (Å²) in [6.07, 6.45) is 6.85. The van der Waals surface area contributed by atoms with Crippen molar-refractivity contribution in [3.8, 4) is 0 Å². The zero-order valence-electron chi connectivity index (χ0n) is 7.92. The number of hydrogen-bond acceptors (Lipinski definition) is 3. The number of hydrogen-bond donors (Lipinski definition) is 0. The highest BCUT2D eigenvalue weighted by atomic mass is 16.5. The van der Waals surface area contributed by atoms with Crippen LogP contribution in [0.4, 0.5) is 0 Å². The third-order valence-corrected chi connectivity index (χ3v) is 3.67. The molecular formula is C10H14N2O. The van der Waals surface area contributed by atoms with Crippen LogP contribution in [-0.4, -0.2) is 10.1 Å². The van der Waals surface area contributed by atoms with Gasteiger partial charge in [-0.15, -0.1) is 0 Å². The Bertz CT molecular complexity index is 319. The van der Waals surface area contributed by atoms with Gasteiger partial charge in [0.2, 0.25) is 5.89 Å². The van der Waals surface area contributed by atoms with Crippen molar-refractivity contribution in [2.24, 2.45) is 5.41 Å². The van der Waals surface area contributed by atoms with E-state index >= 15 is 0 Å². The van der Waals surface area contributed by atoms with Crippen molar-refractivity contribution in [1.29, 1.82) is 0 Å².